The Hall–Kier alpha value is -1.54. The zero-order valence-corrected chi connectivity index (χ0v) is 12.7. The van der Waals surface area contributed by atoms with Crippen molar-refractivity contribution >= 4 is 15.9 Å². The van der Waals surface area contributed by atoms with Crippen molar-refractivity contribution in [3.05, 3.63) is 29.3 Å². The summed E-state index contributed by atoms with van der Waals surface area (Å²) in [6, 6.07) is 1.21. The minimum atomic E-state index is -4.22. The fourth-order valence-electron chi connectivity index (χ4n) is 1.79. The number of primary sulfonamides is 1. The second-order valence-corrected chi connectivity index (χ2v) is 6.31. The third kappa shape index (κ3) is 4.47. The number of hydrogen-bond acceptors (Lipinski definition) is 3. The normalized spacial score (nSPS) is 11.5. The van der Waals surface area contributed by atoms with Crippen LogP contribution in [0.2, 0.25) is 0 Å². The van der Waals surface area contributed by atoms with Crippen LogP contribution in [0.15, 0.2) is 17.0 Å². The van der Waals surface area contributed by atoms with Gasteiger partial charge in [0, 0.05) is 13.6 Å². The summed E-state index contributed by atoms with van der Waals surface area (Å²) in [4.78, 5) is 12.7. The summed E-state index contributed by atoms with van der Waals surface area (Å²) in [7, 11) is -2.78. The topological polar surface area (TPSA) is 80.5 Å². The number of carbonyl (C=O) groups excluding carboxylic acids is 1. The van der Waals surface area contributed by atoms with Gasteiger partial charge in [-0.25, -0.2) is 22.3 Å². The Balaban J connectivity index is 3.11. The molecule has 21 heavy (non-hydrogen) atoms. The minimum absolute atomic E-state index is 0.368. The maximum absolute atomic E-state index is 13.7. The Kier molecular flexibility index (Phi) is 5.79. The first-order valence-electron chi connectivity index (χ1n) is 6.45. The maximum atomic E-state index is 13.7. The van der Waals surface area contributed by atoms with Crippen LogP contribution in [0.4, 0.5) is 8.78 Å². The van der Waals surface area contributed by atoms with Gasteiger partial charge in [-0.2, -0.15) is 0 Å². The van der Waals surface area contributed by atoms with Gasteiger partial charge in [0.1, 0.15) is 0 Å². The summed E-state index contributed by atoms with van der Waals surface area (Å²) in [5.41, 5.74) is -0.641. The van der Waals surface area contributed by atoms with E-state index in [1.54, 1.807) is 0 Å². The molecule has 0 aliphatic heterocycles. The average Bonchev–Trinajstić information content (AvgIpc) is 2.39. The Bertz CT molecular complexity index is 633. The molecule has 0 aromatic heterocycles. The lowest BCUT2D eigenvalue weighted by atomic mass is 10.1. The van der Waals surface area contributed by atoms with Crippen molar-refractivity contribution < 1.29 is 22.0 Å². The summed E-state index contributed by atoms with van der Waals surface area (Å²) in [5.74, 6) is -3.59. The van der Waals surface area contributed by atoms with E-state index >= 15 is 0 Å². The van der Waals surface area contributed by atoms with E-state index in [4.69, 9.17) is 5.14 Å². The number of halogens is 2. The summed E-state index contributed by atoms with van der Waals surface area (Å²) in [6.07, 6.45) is 2.56. The predicted molar refractivity (Wildman–Crippen MR) is 74.2 cm³/mol. The van der Waals surface area contributed by atoms with Crippen molar-refractivity contribution in [3.63, 3.8) is 0 Å². The van der Waals surface area contributed by atoms with Gasteiger partial charge in [0.15, 0.2) is 11.6 Å². The molecule has 118 valence electrons. The van der Waals surface area contributed by atoms with Crippen LogP contribution in [0, 0.1) is 11.6 Å². The highest BCUT2D eigenvalue weighted by Crippen LogP contribution is 2.19. The van der Waals surface area contributed by atoms with Crippen LogP contribution in [0.1, 0.15) is 36.5 Å². The quantitative estimate of drug-likeness (QED) is 0.813. The first-order valence-corrected chi connectivity index (χ1v) is 8.00. The molecule has 0 saturated carbocycles. The fourth-order valence-corrected chi connectivity index (χ4v) is 2.34. The molecular weight excluding hydrogens is 302 g/mol. The lowest BCUT2D eigenvalue weighted by Crippen LogP contribution is -2.29. The molecule has 0 saturated heterocycles. The molecule has 1 amide bonds. The third-order valence-corrected chi connectivity index (χ3v) is 3.90. The molecular formula is C13H18F2N2O3S. The summed E-state index contributed by atoms with van der Waals surface area (Å²) < 4.78 is 49.6. The number of nitrogens with zero attached hydrogens (tertiary/aromatic N) is 1. The molecule has 1 aromatic rings. The van der Waals surface area contributed by atoms with Crippen LogP contribution in [-0.4, -0.2) is 32.8 Å². The Morgan fingerprint density at radius 2 is 1.90 bits per heavy atom. The lowest BCUT2D eigenvalue weighted by Gasteiger charge is -2.18. The van der Waals surface area contributed by atoms with Gasteiger partial charge in [0.05, 0.1) is 10.5 Å². The highest BCUT2D eigenvalue weighted by molar-refractivity contribution is 7.89. The molecule has 5 nitrogen and oxygen atoms in total. The van der Waals surface area contributed by atoms with Crippen LogP contribution in [0.25, 0.3) is 0 Å². The van der Waals surface area contributed by atoms with Gasteiger partial charge >= 0.3 is 0 Å². The second-order valence-electron chi connectivity index (χ2n) is 4.75. The SMILES string of the molecule is CCCCCN(C)C(=O)c1cc(S(N)(=O)=O)cc(F)c1F. The summed E-state index contributed by atoms with van der Waals surface area (Å²) >= 11 is 0. The van der Waals surface area contributed by atoms with Crippen molar-refractivity contribution in [2.24, 2.45) is 5.14 Å². The number of rotatable bonds is 6. The fraction of sp³-hybridized carbons (Fsp3) is 0.462. The summed E-state index contributed by atoms with van der Waals surface area (Å²) in [5, 5.41) is 4.88. The zero-order chi connectivity index (χ0) is 16.2. The number of sulfonamides is 1. The van der Waals surface area contributed by atoms with Crippen LogP contribution >= 0.6 is 0 Å². The van der Waals surface area contributed by atoms with Crippen LogP contribution in [-0.2, 0) is 10.0 Å². The highest BCUT2D eigenvalue weighted by atomic mass is 32.2. The van der Waals surface area contributed by atoms with Gasteiger partial charge in [-0.1, -0.05) is 19.8 Å². The molecule has 0 aliphatic carbocycles. The van der Waals surface area contributed by atoms with Gasteiger partial charge in [0.2, 0.25) is 10.0 Å². The van der Waals surface area contributed by atoms with Gasteiger partial charge in [0.25, 0.3) is 5.91 Å². The van der Waals surface area contributed by atoms with Crippen molar-refractivity contribution in [2.75, 3.05) is 13.6 Å². The number of carbonyl (C=O) groups is 1. The minimum Gasteiger partial charge on any atom is -0.342 e. The van der Waals surface area contributed by atoms with E-state index < -0.39 is 38.0 Å². The molecule has 0 aliphatic rings. The number of nitrogens with two attached hydrogens (primary N) is 1. The van der Waals surface area contributed by atoms with Crippen molar-refractivity contribution in [2.45, 2.75) is 31.1 Å². The highest BCUT2D eigenvalue weighted by Gasteiger charge is 2.23. The monoisotopic (exact) mass is 320 g/mol. The molecule has 0 fully saturated rings. The molecule has 0 spiro atoms. The van der Waals surface area contributed by atoms with E-state index in [-0.39, 0.29) is 0 Å². The van der Waals surface area contributed by atoms with Crippen LogP contribution < -0.4 is 5.14 Å². The molecule has 1 aromatic carbocycles. The van der Waals surface area contributed by atoms with Gasteiger partial charge in [-0.15, -0.1) is 0 Å². The Morgan fingerprint density at radius 1 is 1.29 bits per heavy atom. The molecule has 1 rings (SSSR count). The predicted octanol–water partition coefficient (Wildman–Crippen LogP) is 1.87. The number of hydrogen-bond donors (Lipinski definition) is 1. The van der Waals surface area contributed by atoms with Crippen molar-refractivity contribution in [3.8, 4) is 0 Å². The second kappa shape index (κ2) is 6.95. The number of amides is 1. The Morgan fingerprint density at radius 3 is 2.43 bits per heavy atom. The van der Waals surface area contributed by atoms with Crippen molar-refractivity contribution in [1.29, 1.82) is 0 Å². The molecule has 0 bridgehead atoms. The van der Waals surface area contributed by atoms with Gasteiger partial charge in [-0.05, 0) is 18.6 Å². The maximum Gasteiger partial charge on any atom is 0.256 e. The standard InChI is InChI=1S/C13H18F2N2O3S/c1-3-4-5-6-17(2)13(18)10-7-9(21(16,19)20)8-11(14)12(10)15/h7-8H,3-6H2,1-2H3,(H2,16,19,20). The molecule has 0 radical (unpaired) electrons. The molecule has 0 unspecified atom stereocenters. The van der Waals surface area contributed by atoms with Crippen molar-refractivity contribution in [1.82, 2.24) is 4.90 Å². The largest absolute Gasteiger partial charge is 0.342 e. The summed E-state index contributed by atoms with van der Waals surface area (Å²) in [6.45, 7) is 2.36. The molecule has 8 heteroatoms. The van der Waals surface area contributed by atoms with E-state index in [2.05, 4.69) is 0 Å². The van der Waals surface area contributed by atoms with Gasteiger partial charge in [-0.3, -0.25) is 4.79 Å². The molecule has 2 N–H and O–H groups in total. The van der Waals surface area contributed by atoms with E-state index in [0.29, 0.717) is 12.6 Å². The molecule has 0 heterocycles. The van der Waals surface area contributed by atoms with E-state index in [9.17, 15) is 22.0 Å². The lowest BCUT2D eigenvalue weighted by molar-refractivity contribution is 0.0786. The molecule has 0 atom stereocenters. The van der Waals surface area contributed by atoms with E-state index in [1.165, 1.54) is 11.9 Å². The zero-order valence-electron chi connectivity index (χ0n) is 11.9. The van der Waals surface area contributed by atoms with Crippen LogP contribution in [0.3, 0.4) is 0 Å². The van der Waals surface area contributed by atoms with Gasteiger partial charge < -0.3 is 4.90 Å². The van der Waals surface area contributed by atoms with Crippen LogP contribution in [0.5, 0.6) is 0 Å². The first-order chi connectivity index (χ1) is 9.68. The van der Waals surface area contributed by atoms with E-state index in [1.807, 2.05) is 6.92 Å². The first kappa shape index (κ1) is 17.5. The van der Waals surface area contributed by atoms with E-state index in [0.717, 1.165) is 25.3 Å². The number of benzene rings is 1. The number of unbranched alkanes of at least 4 members (excludes halogenated alkanes) is 2. The average molecular weight is 320 g/mol. The third-order valence-electron chi connectivity index (χ3n) is 3.00. The smallest absolute Gasteiger partial charge is 0.256 e. The Labute approximate surface area is 122 Å².